The van der Waals surface area contributed by atoms with Gasteiger partial charge in [-0.3, -0.25) is 4.98 Å². The Labute approximate surface area is 109 Å². The highest BCUT2D eigenvalue weighted by atomic mass is 14.7. The van der Waals surface area contributed by atoms with Crippen LogP contribution in [-0.4, -0.2) is 4.98 Å². The Morgan fingerprint density at radius 1 is 1.28 bits per heavy atom. The molecule has 0 atom stereocenters. The molecule has 1 heterocycles. The molecule has 1 heteroatoms. The SMILES string of the molecule is C=C/C1=C(\C=C/C)C/C=C\Cc2c(C)ccnc21. The van der Waals surface area contributed by atoms with E-state index in [9.17, 15) is 0 Å². The van der Waals surface area contributed by atoms with Crippen LogP contribution in [0.5, 0.6) is 0 Å². The van der Waals surface area contributed by atoms with Crippen molar-refractivity contribution in [2.75, 3.05) is 0 Å². The highest BCUT2D eigenvalue weighted by Crippen LogP contribution is 2.28. The molecule has 0 aromatic carbocycles. The Balaban J connectivity index is 2.71. The molecule has 1 aromatic rings. The number of hydrogen-bond acceptors (Lipinski definition) is 1. The average molecular weight is 237 g/mol. The fraction of sp³-hybridized carbons (Fsp3) is 0.235. The van der Waals surface area contributed by atoms with Crippen molar-refractivity contribution in [3.05, 3.63) is 71.6 Å². The Bertz CT molecular complexity index is 545. The summed E-state index contributed by atoms with van der Waals surface area (Å²) in [4.78, 5) is 4.57. The molecule has 2 rings (SSSR count). The van der Waals surface area contributed by atoms with Crippen molar-refractivity contribution in [1.82, 2.24) is 4.98 Å². The van der Waals surface area contributed by atoms with Gasteiger partial charge in [-0.25, -0.2) is 0 Å². The van der Waals surface area contributed by atoms with E-state index in [-0.39, 0.29) is 0 Å². The Morgan fingerprint density at radius 2 is 2.06 bits per heavy atom. The molecule has 92 valence electrons. The third kappa shape index (κ3) is 2.35. The Hall–Kier alpha value is -1.89. The second-order valence-electron chi connectivity index (χ2n) is 4.48. The van der Waals surface area contributed by atoms with E-state index in [1.807, 2.05) is 19.2 Å². The van der Waals surface area contributed by atoms with E-state index in [0.717, 1.165) is 24.1 Å². The van der Waals surface area contributed by atoms with Crippen LogP contribution < -0.4 is 0 Å². The van der Waals surface area contributed by atoms with Gasteiger partial charge in [-0.15, -0.1) is 0 Å². The van der Waals surface area contributed by atoms with Gasteiger partial charge < -0.3 is 0 Å². The molecule has 0 unspecified atom stereocenters. The zero-order chi connectivity index (χ0) is 13.0. The first-order valence-electron chi connectivity index (χ1n) is 6.36. The molecule has 0 bridgehead atoms. The molecule has 0 N–H and O–H groups in total. The fourth-order valence-corrected chi connectivity index (χ4v) is 2.34. The van der Waals surface area contributed by atoms with E-state index >= 15 is 0 Å². The molecule has 0 spiro atoms. The first-order valence-corrected chi connectivity index (χ1v) is 6.36. The molecule has 18 heavy (non-hydrogen) atoms. The fourth-order valence-electron chi connectivity index (χ4n) is 2.34. The third-order valence-corrected chi connectivity index (χ3v) is 3.29. The molecular weight excluding hydrogens is 218 g/mol. The van der Waals surface area contributed by atoms with Gasteiger partial charge in [0.1, 0.15) is 0 Å². The lowest BCUT2D eigenvalue weighted by Gasteiger charge is -2.15. The van der Waals surface area contributed by atoms with Crippen molar-refractivity contribution in [2.45, 2.75) is 26.7 Å². The number of rotatable bonds is 2. The van der Waals surface area contributed by atoms with Gasteiger partial charge in [0, 0.05) is 11.8 Å². The summed E-state index contributed by atoms with van der Waals surface area (Å²) in [5.41, 5.74) is 6.14. The van der Waals surface area contributed by atoms with Crippen molar-refractivity contribution < 1.29 is 0 Å². The van der Waals surface area contributed by atoms with Gasteiger partial charge in [-0.05, 0) is 49.5 Å². The topological polar surface area (TPSA) is 12.9 Å². The van der Waals surface area contributed by atoms with Crippen LogP contribution in [0, 0.1) is 6.92 Å². The maximum atomic E-state index is 4.57. The highest BCUT2D eigenvalue weighted by Gasteiger charge is 2.13. The smallest absolute Gasteiger partial charge is 0.0742 e. The molecule has 0 fully saturated rings. The van der Waals surface area contributed by atoms with Crippen molar-refractivity contribution in [3.63, 3.8) is 0 Å². The van der Waals surface area contributed by atoms with E-state index in [2.05, 4.69) is 48.9 Å². The van der Waals surface area contributed by atoms with Gasteiger partial charge in [0.2, 0.25) is 0 Å². The summed E-state index contributed by atoms with van der Waals surface area (Å²) in [7, 11) is 0. The van der Waals surface area contributed by atoms with Crippen molar-refractivity contribution in [3.8, 4) is 0 Å². The quantitative estimate of drug-likeness (QED) is 0.694. The van der Waals surface area contributed by atoms with E-state index in [4.69, 9.17) is 0 Å². The van der Waals surface area contributed by atoms with Gasteiger partial charge in [0.25, 0.3) is 0 Å². The van der Waals surface area contributed by atoms with Crippen LogP contribution in [-0.2, 0) is 6.42 Å². The molecule has 1 aliphatic carbocycles. The number of aryl methyl sites for hydroxylation is 1. The van der Waals surface area contributed by atoms with E-state index in [0.29, 0.717) is 0 Å². The van der Waals surface area contributed by atoms with Crippen LogP contribution in [0.15, 0.2) is 54.8 Å². The lowest BCUT2D eigenvalue weighted by Crippen LogP contribution is -2.02. The summed E-state index contributed by atoms with van der Waals surface area (Å²) in [6.07, 6.45) is 14.4. The molecule has 0 aliphatic heterocycles. The second kappa shape index (κ2) is 5.63. The first-order chi connectivity index (χ1) is 8.77. The molecule has 0 amide bonds. The molecule has 1 aliphatic rings. The van der Waals surface area contributed by atoms with Gasteiger partial charge >= 0.3 is 0 Å². The van der Waals surface area contributed by atoms with Crippen LogP contribution in [0.3, 0.4) is 0 Å². The predicted molar refractivity (Wildman–Crippen MR) is 78.4 cm³/mol. The number of fused-ring (bicyclic) bond motifs is 1. The number of pyridine rings is 1. The third-order valence-electron chi connectivity index (χ3n) is 3.29. The lowest BCUT2D eigenvalue weighted by atomic mass is 9.92. The summed E-state index contributed by atoms with van der Waals surface area (Å²) >= 11 is 0. The number of allylic oxidation sites excluding steroid dienone is 7. The van der Waals surface area contributed by atoms with Crippen molar-refractivity contribution >= 4 is 5.57 Å². The Kier molecular flexibility index (Phi) is 3.93. The van der Waals surface area contributed by atoms with E-state index < -0.39 is 0 Å². The number of aromatic nitrogens is 1. The minimum Gasteiger partial charge on any atom is -0.256 e. The standard InChI is InChI=1S/C17H19N/c1-4-8-14-9-6-7-10-16-13(3)11-12-18-17(16)15(14)5-2/h4-8,11-12H,2,9-10H2,1,3H3/b7-6-,8-4-,15-14-. The maximum Gasteiger partial charge on any atom is 0.0742 e. The normalized spacial score (nSPS) is 21.2. The monoisotopic (exact) mass is 237 g/mol. The average Bonchev–Trinajstić information content (AvgIpc) is 2.34. The largest absolute Gasteiger partial charge is 0.256 e. The predicted octanol–water partition coefficient (Wildman–Crippen LogP) is 4.41. The van der Waals surface area contributed by atoms with Gasteiger partial charge in [-0.2, -0.15) is 0 Å². The van der Waals surface area contributed by atoms with Gasteiger partial charge in [0.15, 0.2) is 0 Å². The highest BCUT2D eigenvalue weighted by molar-refractivity contribution is 5.78. The molecule has 0 saturated heterocycles. The van der Waals surface area contributed by atoms with Gasteiger partial charge in [-0.1, -0.05) is 37.0 Å². The second-order valence-corrected chi connectivity index (χ2v) is 4.48. The van der Waals surface area contributed by atoms with E-state index in [1.165, 1.54) is 16.7 Å². The van der Waals surface area contributed by atoms with E-state index in [1.54, 1.807) is 0 Å². The first kappa shape index (κ1) is 12.6. The molecule has 0 saturated carbocycles. The summed E-state index contributed by atoms with van der Waals surface area (Å²) in [6, 6.07) is 2.07. The van der Waals surface area contributed by atoms with Gasteiger partial charge in [0.05, 0.1) is 5.69 Å². The van der Waals surface area contributed by atoms with Crippen LogP contribution in [0.25, 0.3) is 5.57 Å². The summed E-state index contributed by atoms with van der Waals surface area (Å²) in [6.45, 7) is 8.15. The minimum absolute atomic E-state index is 0.945. The zero-order valence-corrected chi connectivity index (χ0v) is 11.1. The van der Waals surface area contributed by atoms with Crippen LogP contribution in [0.1, 0.15) is 30.2 Å². The summed E-state index contributed by atoms with van der Waals surface area (Å²) < 4.78 is 0. The molecular formula is C17H19N. The van der Waals surface area contributed by atoms with Crippen LogP contribution in [0.4, 0.5) is 0 Å². The number of nitrogens with zero attached hydrogens (tertiary/aromatic N) is 1. The van der Waals surface area contributed by atoms with Crippen molar-refractivity contribution in [1.29, 1.82) is 0 Å². The summed E-state index contributed by atoms with van der Waals surface area (Å²) in [5, 5.41) is 0. The maximum absolute atomic E-state index is 4.57. The lowest BCUT2D eigenvalue weighted by molar-refractivity contribution is 1.09. The Morgan fingerprint density at radius 3 is 2.78 bits per heavy atom. The van der Waals surface area contributed by atoms with Crippen LogP contribution >= 0.6 is 0 Å². The number of hydrogen-bond donors (Lipinski definition) is 0. The summed E-state index contributed by atoms with van der Waals surface area (Å²) in [5.74, 6) is 0. The molecule has 1 nitrogen and oxygen atoms in total. The molecule has 0 radical (unpaired) electrons. The molecule has 1 aromatic heterocycles. The minimum atomic E-state index is 0.945. The van der Waals surface area contributed by atoms with Crippen LogP contribution in [0.2, 0.25) is 0 Å². The van der Waals surface area contributed by atoms with Crippen molar-refractivity contribution in [2.24, 2.45) is 0 Å². The zero-order valence-electron chi connectivity index (χ0n) is 11.1.